The monoisotopic (exact) mass is 322 g/mol. The standard InChI is InChI=1S/C19H30O4/c1-18(2,3)14-10-13(17-21-8-9-22-17)11-15(19(4,5)6)16(14)23-12-20-7/h10-11,17H,8-9,12H2,1-7H3. The highest BCUT2D eigenvalue weighted by atomic mass is 16.7. The highest BCUT2D eigenvalue weighted by molar-refractivity contribution is 5.51. The van der Waals surface area contributed by atoms with Crippen LogP contribution in [0, 0.1) is 0 Å². The van der Waals surface area contributed by atoms with E-state index >= 15 is 0 Å². The second kappa shape index (κ2) is 6.80. The van der Waals surface area contributed by atoms with Gasteiger partial charge in [0.2, 0.25) is 0 Å². The first-order chi connectivity index (χ1) is 10.6. The van der Waals surface area contributed by atoms with E-state index in [0.717, 1.165) is 22.4 Å². The molecule has 4 heteroatoms. The summed E-state index contributed by atoms with van der Waals surface area (Å²) in [5, 5.41) is 0. The van der Waals surface area contributed by atoms with E-state index in [9.17, 15) is 0 Å². The lowest BCUT2D eigenvalue weighted by Crippen LogP contribution is -2.21. The molecule has 2 rings (SSSR count). The van der Waals surface area contributed by atoms with E-state index in [1.165, 1.54) is 0 Å². The largest absolute Gasteiger partial charge is 0.467 e. The van der Waals surface area contributed by atoms with Crippen molar-refractivity contribution in [3.63, 3.8) is 0 Å². The fourth-order valence-electron chi connectivity index (χ4n) is 2.73. The van der Waals surface area contributed by atoms with E-state index in [2.05, 4.69) is 53.7 Å². The van der Waals surface area contributed by atoms with Crippen LogP contribution in [0.3, 0.4) is 0 Å². The average Bonchev–Trinajstić information content (AvgIpc) is 2.96. The van der Waals surface area contributed by atoms with Gasteiger partial charge in [-0.3, -0.25) is 0 Å². The Morgan fingerprint density at radius 2 is 1.43 bits per heavy atom. The van der Waals surface area contributed by atoms with Gasteiger partial charge in [0.1, 0.15) is 5.75 Å². The Hall–Kier alpha value is -1.10. The topological polar surface area (TPSA) is 36.9 Å². The molecule has 23 heavy (non-hydrogen) atoms. The summed E-state index contributed by atoms with van der Waals surface area (Å²) < 4.78 is 22.5. The summed E-state index contributed by atoms with van der Waals surface area (Å²) in [4.78, 5) is 0. The van der Waals surface area contributed by atoms with Crippen LogP contribution in [0.5, 0.6) is 5.75 Å². The van der Waals surface area contributed by atoms with Crippen molar-refractivity contribution >= 4 is 0 Å². The van der Waals surface area contributed by atoms with Crippen LogP contribution in [0.2, 0.25) is 0 Å². The lowest BCUT2D eigenvalue weighted by molar-refractivity contribution is -0.0443. The third-order valence-corrected chi connectivity index (χ3v) is 3.94. The molecule has 0 bridgehead atoms. The molecule has 0 amide bonds. The second-order valence-electron chi connectivity index (χ2n) is 8.07. The molecular weight excluding hydrogens is 292 g/mol. The molecule has 0 unspecified atom stereocenters. The van der Waals surface area contributed by atoms with E-state index in [4.69, 9.17) is 18.9 Å². The Morgan fingerprint density at radius 1 is 0.957 bits per heavy atom. The Kier molecular flexibility index (Phi) is 5.39. The fourth-order valence-corrected chi connectivity index (χ4v) is 2.73. The van der Waals surface area contributed by atoms with E-state index < -0.39 is 0 Å². The zero-order chi connectivity index (χ0) is 17.3. The molecule has 4 nitrogen and oxygen atoms in total. The molecule has 130 valence electrons. The summed E-state index contributed by atoms with van der Waals surface area (Å²) in [5.41, 5.74) is 3.24. The van der Waals surface area contributed by atoms with Crippen LogP contribution in [0.1, 0.15) is 64.5 Å². The number of hydrogen-bond donors (Lipinski definition) is 0. The maximum atomic E-state index is 5.98. The number of benzene rings is 1. The normalized spacial score (nSPS) is 16.8. The molecule has 1 aromatic carbocycles. The minimum absolute atomic E-state index is 0.0578. The number of hydrogen-bond acceptors (Lipinski definition) is 4. The van der Waals surface area contributed by atoms with E-state index in [1.807, 2.05) is 0 Å². The number of methoxy groups -OCH3 is 1. The summed E-state index contributed by atoms with van der Waals surface area (Å²) in [5.74, 6) is 0.911. The van der Waals surface area contributed by atoms with Crippen LogP contribution >= 0.6 is 0 Å². The van der Waals surface area contributed by atoms with E-state index in [1.54, 1.807) is 7.11 Å². The Balaban J connectivity index is 2.61. The van der Waals surface area contributed by atoms with Crippen LogP contribution in [0.15, 0.2) is 12.1 Å². The van der Waals surface area contributed by atoms with Gasteiger partial charge in [-0.15, -0.1) is 0 Å². The van der Waals surface area contributed by atoms with Crippen LogP contribution in [-0.4, -0.2) is 27.1 Å². The van der Waals surface area contributed by atoms with Gasteiger partial charge < -0.3 is 18.9 Å². The van der Waals surface area contributed by atoms with E-state index in [0.29, 0.717) is 13.2 Å². The van der Waals surface area contributed by atoms with E-state index in [-0.39, 0.29) is 23.9 Å². The average molecular weight is 322 g/mol. The minimum Gasteiger partial charge on any atom is -0.467 e. The summed E-state index contributed by atoms with van der Waals surface area (Å²) in [6.45, 7) is 14.7. The number of ether oxygens (including phenoxy) is 4. The minimum atomic E-state index is -0.284. The van der Waals surface area contributed by atoms with Gasteiger partial charge in [-0.25, -0.2) is 0 Å². The van der Waals surface area contributed by atoms with Crippen LogP contribution in [-0.2, 0) is 25.0 Å². The van der Waals surface area contributed by atoms with Crippen molar-refractivity contribution < 1.29 is 18.9 Å². The lowest BCUT2D eigenvalue weighted by atomic mass is 9.78. The lowest BCUT2D eigenvalue weighted by Gasteiger charge is -2.31. The van der Waals surface area contributed by atoms with Gasteiger partial charge >= 0.3 is 0 Å². The molecule has 0 radical (unpaired) electrons. The molecule has 0 spiro atoms. The molecule has 0 N–H and O–H groups in total. The van der Waals surface area contributed by atoms with Gasteiger partial charge in [0.15, 0.2) is 13.1 Å². The van der Waals surface area contributed by atoms with Gasteiger partial charge in [-0.1, -0.05) is 41.5 Å². The maximum absolute atomic E-state index is 5.98. The quantitative estimate of drug-likeness (QED) is 0.774. The molecule has 0 atom stereocenters. The molecule has 1 saturated heterocycles. The van der Waals surface area contributed by atoms with Gasteiger partial charge in [0, 0.05) is 23.8 Å². The number of rotatable bonds is 4. The second-order valence-corrected chi connectivity index (χ2v) is 8.07. The van der Waals surface area contributed by atoms with Crippen LogP contribution < -0.4 is 4.74 Å². The maximum Gasteiger partial charge on any atom is 0.188 e. The van der Waals surface area contributed by atoms with Crippen LogP contribution in [0.25, 0.3) is 0 Å². The van der Waals surface area contributed by atoms with Crippen molar-refractivity contribution in [2.75, 3.05) is 27.1 Å². The molecule has 0 saturated carbocycles. The van der Waals surface area contributed by atoms with Crippen LogP contribution in [0.4, 0.5) is 0 Å². The van der Waals surface area contributed by atoms with Crippen molar-refractivity contribution in [3.8, 4) is 5.75 Å². The highest BCUT2D eigenvalue weighted by Gasteiger charge is 2.30. The molecule has 0 aromatic heterocycles. The van der Waals surface area contributed by atoms with Crippen molar-refractivity contribution in [2.24, 2.45) is 0 Å². The third-order valence-electron chi connectivity index (χ3n) is 3.94. The molecule has 1 fully saturated rings. The van der Waals surface area contributed by atoms with Gasteiger partial charge in [-0.05, 0) is 23.0 Å². The molecule has 1 aromatic rings. The first-order valence-corrected chi connectivity index (χ1v) is 8.18. The SMILES string of the molecule is COCOc1c(C(C)(C)C)cc(C2OCCO2)cc1C(C)(C)C. The predicted molar refractivity (Wildman–Crippen MR) is 91.0 cm³/mol. The molecule has 1 aliphatic heterocycles. The van der Waals surface area contributed by atoms with Gasteiger partial charge in [0.25, 0.3) is 0 Å². The first kappa shape index (κ1) is 18.2. The zero-order valence-corrected chi connectivity index (χ0v) is 15.5. The Bertz CT molecular complexity index is 496. The van der Waals surface area contributed by atoms with Crippen molar-refractivity contribution in [1.82, 2.24) is 0 Å². The van der Waals surface area contributed by atoms with Gasteiger partial charge in [0.05, 0.1) is 13.2 Å². The summed E-state index contributed by atoms with van der Waals surface area (Å²) in [6.07, 6.45) is -0.284. The molecule has 1 heterocycles. The van der Waals surface area contributed by atoms with Crippen molar-refractivity contribution in [3.05, 3.63) is 28.8 Å². The summed E-state index contributed by atoms with van der Waals surface area (Å²) >= 11 is 0. The third kappa shape index (κ3) is 4.25. The molecular formula is C19H30O4. The Morgan fingerprint density at radius 3 is 1.83 bits per heavy atom. The fraction of sp³-hybridized carbons (Fsp3) is 0.684. The van der Waals surface area contributed by atoms with Crippen molar-refractivity contribution in [1.29, 1.82) is 0 Å². The summed E-state index contributed by atoms with van der Waals surface area (Å²) in [6, 6.07) is 4.30. The predicted octanol–water partition coefficient (Wildman–Crippen LogP) is 4.31. The van der Waals surface area contributed by atoms with Crippen molar-refractivity contribution in [2.45, 2.75) is 58.7 Å². The highest BCUT2D eigenvalue weighted by Crippen LogP contribution is 2.42. The first-order valence-electron chi connectivity index (χ1n) is 8.18. The molecule has 0 aliphatic carbocycles. The smallest absolute Gasteiger partial charge is 0.188 e. The molecule has 1 aliphatic rings. The Labute approximate surface area is 140 Å². The van der Waals surface area contributed by atoms with Gasteiger partial charge in [-0.2, -0.15) is 0 Å². The zero-order valence-electron chi connectivity index (χ0n) is 15.5. The summed E-state index contributed by atoms with van der Waals surface area (Å²) in [7, 11) is 1.64.